The Hall–Kier alpha value is -2.16. The van der Waals surface area contributed by atoms with Gasteiger partial charge in [0.1, 0.15) is 11.6 Å². The highest BCUT2D eigenvalue weighted by atomic mass is 19.1. The first kappa shape index (κ1) is 21.5. The van der Waals surface area contributed by atoms with E-state index < -0.39 is 5.97 Å². The average Bonchev–Trinajstić information content (AvgIpc) is 2.76. The van der Waals surface area contributed by atoms with E-state index in [2.05, 4.69) is 19.1 Å². The van der Waals surface area contributed by atoms with Gasteiger partial charge in [-0.25, -0.2) is 9.18 Å². The van der Waals surface area contributed by atoms with Gasteiger partial charge in [-0.3, -0.25) is 0 Å². The summed E-state index contributed by atoms with van der Waals surface area (Å²) in [5.41, 5.74) is 1.85. The number of hydrogen-bond acceptors (Lipinski definition) is 2. The number of ether oxygens (including phenoxy) is 1. The second-order valence-corrected chi connectivity index (χ2v) is 8.39. The molecule has 0 saturated heterocycles. The topological polar surface area (TPSA) is 26.3 Å². The highest BCUT2D eigenvalue weighted by Crippen LogP contribution is 2.37. The molecule has 0 N–H and O–H groups in total. The van der Waals surface area contributed by atoms with Crippen LogP contribution in [0.5, 0.6) is 5.75 Å². The van der Waals surface area contributed by atoms with Crippen LogP contribution in [-0.4, -0.2) is 5.97 Å². The Morgan fingerprint density at radius 2 is 1.55 bits per heavy atom. The molecule has 2 aromatic rings. The average molecular weight is 397 g/mol. The summed E-state index contributed by atoms with van der Waals surface area (Å²) < 4.78 is 18.3. The second kappa shape index (κ2) is 11.1. The van der Waals surface area contributed by atoms with Gasteiger partial charge in [0.15, 0.2) is 0 Å². The van der Waals surface area contributed by atoms with Crippen molar-refractivity contribution in [3.05, 3.63) is 65.5 Å². The highest BCUT2D eigenvalue weighted by Gasteiger charge is 2.22. The summed E-state index contributed by atoms with van der Waals surface area (Å²) in [5, 5.41) is 0. The maximum atomic E-state index is 13.0. The van der Waals surface area contributed by atoms with E-state index in [0.29, 0.717) is 17.2 Å². The summed E-state index contributed by atoms with van der Waals surface area (Å²) in [6, 6.07) is 13.3. The molecule has 0 radical (unpaired) electrons. The molecule has 0 amide bonds. The molecule has 0 aromatic heterocycles. The lowest BCUT2D eigenvalue weighted by Crippen LogP contribution is -2.14. The van der Waals surface area contributed by atoms with Gasteiger partial charge in [-0.2, -0.15) is 0 Å². The van der Waals surface area contributed by atoms with Crippen LogP contribution in [0, 0.1) is 11.7 Å². The van der Waals surface area contributed by atoms with E-state index in [-0.39, 0.29) is 5.82 Å². The summed E-state index contributed by atoms with van der Waals surface area (Å²) in [4.78, 5) is 12.3. The zero-order valence-corrected chi connectivity index (χ0v) is 17.5. The molecule has 1 saturated carbocycles. The first-order chi connectivity index (χ1) is 14.2. The predicted octanol–water partition coefficient (Wildman–Crippen LogP) is 7.68. The van der Waals surface area contributed by atoms with Crippen molar-refractivity contribution in [3.63, 3.8) is 0 Å². The minimum Gasteiger partial charge on any atom is -0.423 e. The van der Waals surface area contributed by atoms with Crippen LogP contribution in [0.1, 0.15) is 93.0 Å². The van der Waals surface area contributed by atoms with Crippen LogP contribution >= 0.6 is 0 Å². The maximum Gasteiger partial charge on any atom is 0.343 e. The lowest BCUT2D eigenvalue weighted by molar-refractivity contribution is 0.0734. The van der Waals surface area contributed by atoms with Crippen molar-refractivity contribution < 1.29 is 13.9 Å². The van der Waals surface area contributed by atoms with E-state index >= 15 is 0 Å². The number of carbonyl (C=O) groups excluding carboxylic acids is 1. The molecule has 0 spiro atoms. The summed E-state index contributed by atoms with van der Waals surface area (Å²) in [6.45, 7) is 2.27. The van der Waals surface area contributed by atoms with Crippen molar-refractivity contribution >= 4 is 5.97 Å². The fraction of sp³-hybridized carbons (Fsp3) is 0.500. The third-order valence-electron chi connectivity index (χ3n) is 6.20. The lowest BCUT2D eigenvalue weighted by atomic mass is 9.77. The Kier molecular flexibility index (Phi) is 8.27. The van der Waals surface area contributed by atoms with E-state index in [1.807, 2.05) is 12.1 Å². The Morgan fingerprint density at radius 1 is 0.897 bits per heavy atom. The number of benzene rings is 2. The van der Waals surface area contributed by atoms with Crippen molar-refractivity contribution in [3.8, 4) is 5.75 Å². The first-order valence-electron chi connectivity index (χ1n) is 11.2. The molecule has 156 valence electrons. The summed E-state index contributed by atoms with van der Waals surface area (Å²) >= 11 is 0. The zero-order chi connectivity index (χ0) is 20.5. The number of esters is 1. The van der Waals surface area contributed by atoms with Gasteiger partial charge in [-0.05, 0) is 79.5 Å². The second-order valence-electron chi connectivity index (χ2n) is 8.39. The van der Waals surface area contributed by atoms with Gasteiger partial charge < -0.3 is 4.74 Å². The van der Waals surface area contributed by atoms with Crippen LogP contribution in [0.15, 0.2) is 48.5 Å². The van der Waals surface area contributed by atoms with Gasteiger partial charge >= 0.3 is 5.97 Å². The van der Waals surface area contributed by atoms with Gasteiger partial charge in [0.25, 0.3) is 0 Å². The van der Waals surface area contributed by atoms with Crippen molar-refractivity contribution in [2.45, 2.75) is 77.0 Å². The first-order valence-corrected chi connectivity index (χ1v) is 11.2. The van der Waals surface area contributed by atoms with Gasteiger partial charge in [-0.15, -0.1) is 0 Å². The van der Waals surface area contributed by atoms with Crippen molar-refractivity contribution in [1.82, 2.24) is 0 Å². The fourth-order valence-electron chi connectivity index (χ4n) is 4.38. The van der Waals surface area contributed by atoms with E-state index in [1.54, 1.807) is 0 Å². The molecule has 0 unspecified atom stereocenters. The van der Waals surface area contributed by atoms with Crippen molar-refractivity contribution in [2.75, 3.05) is 0 Å². The molecule has 0 bridgehead atoms. The number of halogens is 1. The Morgan fingerprint density at radius 3 is 2.21 bits per heavy atom. The number of hydrogen-bond donors (Lipinski definition) is 0. The quantitative estimate of drug-likeness (QED) is 0.247. The van der Waals surface area contributed by atoms with Gasteiger partial charge in [-0.1, -0.05) is 57.6 Å². The molecule has 2 nitrogen and oxygen atoms in total. The smallest absolute Gasteiger partial charge is 0.343 e. The van der Waals surface area contributed by atoms with Crippen molar-refractivity contribution in [1.29, 1.82) is 0 Å². The molecular weight excluding hydrogens is 363 g/mol. The minimum atomic E-state index is -0.407. The number of carbonyl (C=O) groups is 1. The summed E-state index contributed by atoms with van der Waals surface area (Å²) in [6.07, 6.45) is 13.4. The third-order valence-corrected chi connectivity index (χ3v) is 6.20. The van der Waals surface area contributed by atoms with Gasteiger partial charge in [0.05, 0.1) is 5.56 Å². The summed E-state index contributed by atoms with van der Waals surface area (Å²) in [7, 11) is 0. The number of rotatable bonds is 9. The van der Waals surface area contributed by atoms with E-state index in [4.69, 9.17) is 4.74 Å². The normalized spacial score (nSPS) is 19.1. The zero-order valence-electron chi connectivity index (χ0n) is 17.5. The van der Waals surface area contributed by atoms with Crippen LogP contribution in [0.4, 0.5) is 4.39 Å². The molecule has 2 aromatic carbocycles. The molecule has 3 rings (SSSR count). The summed E-state index contributed by atoms with van der Waals surface area (Å²) in [5.74, 6) is 1.11. The lowest BCUT2D eigenvalue weighted by Gasteiger charge is -2.29. The molecule has 1 aliphatic carbocycles. The van der Waals surface area contributed by atoms with Crippen LogP contribution in [0.3, 0.4) is 0 Å². The Balaban J connectivity index is 1.44. The fourth-order valence-corrected chi connectivity index (χ4v) is 4.38. The Bertz CT molecular complexity index is 743. The molecule has 0 heterocycles. The molecule has 29 heavy (non-hydrogen) atoms. The van der Waals surface area contributed by atoms with Crippen LogP contribution in [0.2, 0.25) is 0 Å². The van der Waals surface area contributed by atoms with Crippen molar-refractivity contribution in [2.24, 2.45) is 5.92 Å². The molecule has 1 aliphatic rings. The van der Waals surface area contributed by atoms with E-state index in [0.717, 1.165) is 5.92 Å². The monoisotopic (exact) mass is 396 g/mol. The van der Waals surface area contributed by atoms with E-state index in [9.17, 15) is 9.18 Å². The SMILES string of the molecule is CCCCCCCC1CCC(c2ccc(C(=O)Oc3ccc(F)cc3)cc2)CC1. The number of unbranched alkanes of at least 4 members (excludes halogenated alkanes) is 4. The van der Waals surface area contributed by atoms with Crippen LogP contribution < -0.4 is 4.74 Å². The molecule has 3 heteroatoms. The standard InChI is InChI=1S/C26H33FO2/c1-2-3-4-5-6-7-20-8-10-21(11-9-20)22-12-14-23(15-13-22)26(28)29-25-18-16-24(27)17-19-25/h12-21H,2-11H2,1H3. The Labute approximate surface area is 174 Å². The van der Waals surface area contributed by atoms with E-state index in [1.165, 1.54) is 94.0 Å². The molecular formula is C26H33FO2. The minimum absolute atomic E-state index is 0.347. The third kappa shape index (κ3) is 6.69. The largest absolute Gasteiger partial charge is 0.423 e. The van der Waals surface area contributed by atoms with Gasteiger partial charge in [0.2, 0.25) is 0 Å². The molecule has 1 fully saturated rings. The van der Waals surface area contributed by atoms with Crippen LogP contribution in [0.25, 0.3) is 0 Å². The molecule has 0 atom stereocenters. The van der Waals surface area contributed by atoms with Crippen LogP contribution in [-0.2, 0) is 0 Å². The molecule has 0 aliphatic heterocycles. The maximum absolute atomic E-state index is 13.0. The van der Waals surface area contributed by atoms with Gasteiger partial charge in [0, 0.05) is 0 Å². The highest BCUT2D eigenvalue weighted by molar-refractivity contribution is 5.91. The predicted molar refractivity (Wildman–Crippen MR) is 116 cm³/mol.